The molecule has 1 aliphatic heterocycles. The van der Waals surface area contributed by atoms with E-state index in [1.165, 1.54) is 24.3 Å². The first kappa shape index (κ1) is 24.1. The summed E-state index contributed by atoms with van der Waals surface area (Å²) in [5, 5.41) is 14.2. The number of aromatic nitrogens is 2. The van der Waals surface area contributed by atoms with Crippen molar-refractivity contribution in [1.29, 1.82) is 0 Å². The largest absolute Gasteiger partial charge is 0.488 e. The molecule has 0 aliphatic carbocycles. The van der Waals surface area contributed by atoms with Crippen molar-refractivity contribution >= 4 is 0 Å². The molecule has 0 radical (unpaired) electrons. The van der Waals surface area contributed by atoms with Gasteiger partial charge < -0.3 is 14.4 Å². The average Bonchev–Trinajstić information content (AvgIpc) is 3.28. The van der Waals surface area contributed by atoms with Gasteiger partial charge in [-0.3, -0.25) is 9.80 Å². The van der Waals surface area contributed by atoms with Crippen LogP contribution < -0.4 is 4.74 Å². The summed E-state index contributed by atoms with van der Waals surface area (Å²) in [6, 6.07) is 10.6. The van der Waals surface area contributed by atoms with Crippen molar-refractivity contribution in [1.82, 2.24) is 19.9 Å². The molecule has 0 bridgehead atoms. The highest BCUT2D eigenvalue weighted by atomic mass is 19.4. The number of rotatable bonds is 8. The molecule has 1 fully saturated rings. The molecule has 2 aromatic carbocycles. The van der Waals surface area contributed by atoms with Crippen molar-refractivity contribution in [2.45, 2.75) is 18.8 Å². The molecule has 1 aliphatic rings. The third kappa shape index (κ3) is 6.31. The first-order valence-corrected chi connectivity index (χ1v) is 10.8. The van der Waals surface area contributed by atoms with Gasteiger partial charge in [-0.2, -0.15) is 18.2 Å². The number of benzene rings is 2. The van der Waals surface area contributed by atoms with Crippen LogP contribution in [0.5, 0.6) is 5.75 Å². The van der Waals surface area contributed by atoms with Crippen LogP contribution in [0.1, 0.15) is 11.4 Å². The summed E-state index contributed by atoms with van der Waals surface area (Å²) < 4.78 is 62.3. The van der Waals surface area contributed by atoms with E-state index in [-0.39, 0.29) is 18.2 Å². The Bertz CT molecular complexity index is 1070. The van der Waals surface area contributed by atoms with Crippen LogP contribution in [-0.4, -0.2) is 70.5 Å². The SMILES string of the molecule is O[C@H](COc1ccccc1F)CN1CCN(Cc2noc(-c3ccc(C(F)(F)F)cc3)n2)CC1. The number of alkyl halides is 3. The van der Waals surface area contributed by atoms with Gasteiger partial charge in [0.1, 0.15) is 12.7 Å². The summed E-state index contributed by atoms with van der Waals surface area (Å²) in [5.74, 6) is 0.260. The molecule has 182 valence electrons. The molecule has 0 unspecified atom stereocenters. The summed E-state index contributed by atoms with van der Waals surface area (Å²) in [6.07, 6.45) is -5.15. The molecule has 1 saturated heterocycles. The summed E-state index contributed by atoms with van der Waals surface area (Å²) >= 11 is 0. The fourth-order valence-electron chi connectivity index (χ4n) is 3.67. The van der Waals surface area contributed by atoms with Crippen molar-refractivity contribution in [3.05, 3.63) is 65.7 Å². The van der Waals surface area contributed by atoms with Gasteiger partial charge in [0.2, 0.25) is 0 Å². The van der Waals surface area contributed by atoms with Crippen molar-refractivity contribution in [3.63, 3.8) is 0 Å². The normalized spacial score (nSPS) is 16.5. The van der Waals surface area contributed by atoms with Crippen molar-refractivity contribution in [2.24, 2.45) is 0 Å². The molecule has 1 N–H and O–H groups in total. The molecule has 3 aromatic rings. The molecule has 11 heteroatoms. The third-order valence-corrected chi connectivity index (χ3v) is 5.49. The highest BCUT2D eigenvalue weighted by Crippen LogP contribution is 2.30. The van der Waals surface area contributed by atoms with Crippen LogP contribution in [0.4, 0.5) is 17.6 Å². The summed E-state index contributed by atoms with van der Waals surface area (Å²) in [7, 11) is 0. The van der Waals surface area contributed by atoms with Gasteiger partial charge in [0.25, 0.3) is 5.89 Å². The predicted octanol–water partition coefficient (Wildman–Crippen LogP) is 3.45. The smallest absolute Gasteiger partial charge is 0.416 e. The number of ether oxygens (including phenoxy) is 1. The van der Waals surface area contributed by atoms with Crippen molar-refractivity contribution in [2.75, 3.05) is 39.3 Å². The zero-order valence-corrected chi connectivity index (χ0v) is 18.2. The average molecular weight is 480 g/mol. The van der Waals surface area contributed by atoms with E-state index in [4.69, 9.17) is 9.26 Å². The van der Waals surface area contributed by atoms with E-state index >= 15 is 0 Å². The first-order chi connectivity index (χ1) is 16.3. The van der Waals surface area contributed by atoms with Crippen LogP contribution in [0.2, 0.25) is 0 Å². The van der Waals surface area contributed by atoms with Gasteiger partial charge in [0.15, 0.2) is 17.4 Å². The summed E-state index contributed by atoms with van der Waals surface area (Å²) in [6.45, 7) is 3.69. The monoisotopic (exact) mass is 480 g/mol. The van der Waals surface area contributed by atoms with Crippen molar-refractivity contribution in [3.8, 4) is 17.2 Å². The quantitative estimate of drug-likeness (QED) is 0.495. The Morgan fingerprint density at radius 1 is 1.00 bits per heavy atom. The van der Waals surface area contributed by atoms with Gasteiger partial charge in [-0.25, -0.2) is 4.39 Å². The Labute approximate surface area is 193 Å². The topological polar surface area (TPSA) is 74.9 Å². The standard InChI is InChI=1S/C23H24F4N4O3/c24-19-3-1-2-4-20(19)33-15-18(32)13-30-9-11-31(12-10-30)14-21-28-22(34-29-21)16-5-7-17(8-6-16)23(25,26)27/h1-8,18,32H,9-15H2/t18-/m0/s1. The molecule has 4 rings (SSSR count). The second kappa shape index (κ2) is 10.5. The Hall–Kier alpha value is -3.02. The molecule has 0 amide bonds. The fourth-order valence-corrected chi connectivity index (χ4v) is 3.67. The predicted molar refractivity (Wildman–Crippen MR) is 114 cm³/mol. The minimum atomic E-state index is -4.40. The van der Waals surface area contributed by atoms with E-state index in [1.807, 2.05) is 0 Å². The minimum Gasteiger partial charge on any atom is -0.488 e. The second-order valence-corrected chi connectivity index (χ2v) is 8.06. The van der Waals surface area contributed by atoms with E-state index in [0.29, 0.717) is 50.7 Å². The molecular formula is C23H24F4N4O3. The molecule has 1 aromatic heterocycles. The van der Waals surface area contributed by atoms with Gasteiger partial charge in [-0.15, -0.1) is 0 Å². The lowest BCUT2D eigenvalue weighted by Gasteiger charge is -2.34. The Morgan fingerprint density at radius 2 is 1.68 bits per heavy atom. The van der Waals surface area contributed by atoms with Crippen LogP contribution in [0.15, 0.2) is 53.1 Å². The van der Waals surface area contributed by atoms with Crippen LogP contribution in [0.25, 0.3) is 11.5 Å². The first-order valence-electron chi connectivity index (χ1n) is 10.8. The van der Waals surface area contributed by atoms with E-state index in [2.05, 4.69) is 19.9 Å². The maximum atomic E-state index is 13.6. The maximum absolute atomic E-state index is 13.6. The number of hydrogen-bond acceptors (Lipinski definition) is 7. The number of aliphatic hydroxyl groups excluding tert-OH is 1. The zero-order chi connectivity index (χ0) is 24.1. The number of β-amino-alcohol motifs (C(OH)–C–C–N with tert-alkyl or cyclic N) is 1. The molecule has 1 atom stereocenters. The Balaban J connectivity index is 1.21. The Kier molecular flexibility index (Phi) is 7.44. The Morgan fingerprint density at radius 3 is 2.35 bits per heavy atom. The van der Waals surface area contributed by atoms with Gasteiger partial charge >= 0.3 is 6.18 Å². The molecule has 2 heterocycles. The molecule has 0 spiro atoms. The molecule has 7 nitrogen and oxygen atoms in total. The number of piperazine rings is 1. The lowest BCUT2D eigenvalue weighted by Crippen LogP contribution is -2.48. The van der Waals surface area contributed by atoms with E-state index in [9.17, 15) is 22.7 Å². The van der Waals surface area contributed by atoms with Gasteiger partial charge in [-0.05, 0) is 36.4 Å². The number of halogens is 4. The van der Waals surface area contributed by atoms with Crippen LogP contribution >= 0.6 is 0 Å². The maximum Gasteiger partial charge on any atom is 0.416 e. The van der Waals surface area contributed by atoms with E-state index in [0.717, 1.165) is 12.1 Å². The van der Waals surface area contributed by atoms with Gasteiger partial charge in [-0.1, -0.05) is 17.3 Å². The van der Waals surface area contributed by atoms with Gasteiger partial charge in [0, 0.05) is 38.3 Å². The molecular weight excluding hydrogens is 456 g/mol. The number of nitrogens with zero attached hydrogens (tertiary/aromatic N) is 4. The highest BCUT2D eigenvalue weighted by Gasteiger charge is 2.30. The highest BCUT2D eigenvalue weighted by molar-refractivity contribution is 5.53. The van der Waals surface area contributed by atoms with E-state index < -0.39 is 23.7 Å². The second-order valence-electron chi connectivity index (χ2n) is 8.06. The minimum absolute atomic E-state index is 0.00324. The van der Waals surface area contributed by atoms with E-state index in [1.54, 1.807) is 12.1 Å². The van der Waals surface area contributed by atoms with Gasteiger partial charge in [0.05, 0.1) is 12.1 Å². The van der Waals surface area contributed by atoms with Crippen LogP contribution in [0, 0.1) is 5.82 Å². The number of hydrogen-bond donors (Lipinski definition) is 1. The molecule has 34 heavy (non-hydrogen) atoms. The van der Waals surface area contributed by atoms with Crippen LogP contribution in [0.3, 0.4) is 0 Å². The summed E-state index contributed by atoms with van der Waals surface area (Å²) in [4.78, 5) is 8.51. The van der Waals surface area contributed by atoms with Crippen molar-refractivity contribution < 1.29 is 31.9 Å². The third-order valence-electron chi connectivity index (χ3n) is 5.49. The number of aliphatic hydroxyl groups is 1. The zero-order valence-electron chi connectivity index (χ0n) is 18.2. The lowest BCUT2D eigenvalue weighted by molar-refractivity contribution is -0.137. The summed E-state index contributed by atoms with van der Waals surface area (Å²) in [5.41, 5.74) is -0.319. The molecule has 0 saturated carbocycles. The fraction of sp³-hybridized carbons (Fsp3) is 0.391. The number of para-hydroxylation sites is 1. The lowest BCUT2D eigenvalue weighted by atomic mass is 10.1. The van der Waals surface area contributed by atoms with Crippen LogP contribution in [-0.2, 0) is 12.7 Å².